The molecule has 0 aliphatic heterocycles. The molecule has 1 aromatic carbocycles. The largest absolute Gasteiger partial charge is 0.492 e. The van der Waals surface area contributed by atoms with E-state index in [0.717, 1.165) is 24.4 Å². The van der Waals surface area contributed by atoms with Gasteiger partial charge >= 0.3 is 6.01 Å². The Morgan fingerprint density at radius 2 is 1.80 bits per heavy atom. The molecule has 0 aliphatic carbocycles. The molecule has 0 amide bonds. The highest BCUT2D eigenvalue weighted by molar-refractivity contribution is 5.20. The molecule has 0 atom stereocenters. The van der Waals surface area contributed by atoms with Gasteiger partial charge in [-0.2, -0.15) is 0 Å². The second kappa shape index (κ2) is 7.45. The van der Waals surface area contributed by atoms with Gasteiger partial charge in [-0.15, -0.1) is 0 Å². The molecular weight excluding hydrogens is 254 g/mol. The Bertz CT molecular complexity index is 502. The number of aromatic nitrogens is 2. The van der Waals surface area contributed by atoms with Crippen LogP contribution in [0.25, 0.3) is 0 Å². The van der Waals surface area contributed by atoms with E-state index in [2.05, 4.69) is 14.9 Å². The van der Waals surface area contributed by atoms with Crippen LogP contribution in [0.1, 0.15) is 5.56 Å². The fourth-order valence-electron chi connectivity index (χ4n) is 1.76. The molecule has 106 valence electrons. The second-order valence-electron chi connectivity index (χ2n) is 4.48. The van der Waals surface area contributed by atoms with Gasteiger partial charge in [0, 0.05) is 31.0 Å². The quantitative estimate of drug-likeness (QED) is 0.772. The molecule has 0 unspecified atom stereocenters. The summed E-state index contributed by atoms with van der Waals surface area (Å²) in [6.45, 7) is 2.26. The van der Waals surface area contributed by atoms with E-state index in [1.54, 1.807) is 19.5 Å². The van der Waals surface area contributed by atoms with Gasteiger partial charge in [-0.25, -0.2) is 9.97 Å². The van der Waals surface area contributed by atoms with Crippen LogP contribution in [-0.2, 0) is 6.54 Å². The molecule has 20 heavy (non-hydrogen) atoms. The first kappa shape index (κ1) is 14.3. The molecule has 0 radical (unpaired) electrons. The molecule has 1 aromatic heterocycles. The minimum Gasteiger partial charge on any atom is -0.492 e. The van der Waals surface area contributed by atoms with Gasteiger partial charge in [-0.1, -0.05) is 18.2 Å². The standard InChI is InChI=1S/C15H19N3O2/c1-18(8-9-20-14-6-4-3-5-7-14)12-13-10-16-15(19-2)17-11-13/h3-7,10-11H,8-9,12H2,1-2H3. The van der Waals surface area contributed by atoms with Crippen molar-refractivity contribution in [1.82, 2.24) is 14.9 Å². The van der Waals surface area contributed by atoms with Crippen LogP contribution in [-0.4, -0.2) is 42.2 Å². The third kappa shape index (κ3) is 4.51. The summed E-state index contributed by atoms with van der Waals surface area (Å²) in [6, 6.07) is 10.2. The molecule has 0 fully saturated rings. The number of ether oxygens (including phenoxy) is 2. The Morgan fingerprint density at radius 3 is 2.45 bits per heavy atom. The zero-order valence-corrected chi connectivity index (χ0v) is 11.8. The molecule has 0 spiro atoms. The summed E-state index contributed by atoms with van der Waals surface area (Å²) in [5.41, 5.74) is 1.05. The topological polar surface area (TPSA) is 47.5 Å². The first-order valence-corrected chi connectivity index (χ1v) is 6.49. The van der Waals surface area contributed by atoms with Crippen LogP contribution in [0, 0.1) is 0 Å². The third-order valence-corrected chi connectivity index (χ3v) is 2.80. The maximum Gasteiger partial charge on any atom is 0.316 e. The van der Waals surface area contributed by atoms with Gasteiger partial charge in [0.15, 0.2) is 0 Å². The van der Waals surface area contributed by atoms with Crippen LogP contribution in [0.2, 0.25) is 0 Å². The van der Waals surface area contributed by atoms with Crippen molar-refractivity contribution in [1.29, 1.82) is 0 Å². The normalized spacial score (nSPS) is 10.6. The van der Waals surface area contributed by atoms with Crippen molar-refractivity contribution in [3.05, 3.63) is 48.3 Å². The van der Waals surface area contributed by atoms with Crippen molar-refractivity contribution in [3.8, 4) is 11.8 Å². The van der Waals surface area contributed by atoms with Crippen LogP contribution in [0.5, 0.6) is 11.8 Å². The molecular formula is C15H19N3O2. The highest BCUT2D eigenvalue weighted by atomic mass is 16.5. The second-order valence-corrected chi connectivity index (χ2v) is 4.48. The number of likely N-dealkylation sites (N-methyl/N-ethyl adjacent to an activating group) is 1. The summed E-state index contributed by atoms with van der Waals surface area (Å²) >= 11 is 0. The van der Waals surface area contributed by atoms with Crippen molar-refractivity contribution in [2.75, 3.05) is 27.3 Å². The lowest BCUT2D eigenvalue weighted by atomic mass is 10.3. The van der Waals surface area contributed by atoms with E-state index in [9.17, 15) is 0 Å². The Labute approximate surface area is 119 Å². The zero-order valence-electron chi connectivity index (χ0n) is 11.8. The fourth-order valence-corrected chi connectivity index (χ4v) is 1.76. The number of rotatable bonds is 7. The van der Waals surface area contributed by atoms with Crippen molar-refractivity contribution in [2.24, 2.45) is 0 Å². The number of hydrogen-bond donors (Lipinski definition) is 0. The first-order valence-electron chi connectivity index (χ1n) is 6.49. The van der Waals surface area contributed by atoms with Crippen molar-refractivity contribution in [3.63, 3.8) is 0 Å². The van der Waals surface area contributed by atoms with Crippen LogP contribution < -0.4 is 9.47 Å². The van der Waals surface area contributed by atoms with Crippen LogP contribution >= 0.6 is 0 Å². The van der Waals surface area contributed by atoms with Gasteiger partial charge in [-0.3, -0.25) is 4.90 Å². The van der Waals surface area contributed by atoms with Crippen LogP contribution in [0.3, 0.4) is 0 Å². The lowest BCUT2D eigenvalue weighted by molar-refractivity contribution is 0.232. The summed E-state index contributed by atoms with van der Waals surface area (Å²) in [4.78, 5) is 10.3. The predicted molar refractivity (Wildman–Crippen MR) is 76.9 cm³/mol. The highest BCUT2D eigenvalue weighted by Gasteiger charge is 2.03. The third-order valence-electron chi connectivity index (χ3n) is 2.80. The molecule has 0 saturated heterocycles. The highest BCUT2D eigenvalue weighted by Crippen LogP contribution is 2.08. The van der Waals surface area contributed by atoms with E-state index in [1.807, 2.05) is 37.4 Å². The molecule has 0 bridgehead atoms. The van der Waals surface area contributed by atoms with Crippen molar-refractivity contribution in [2.45, 2.75) is 6.54 Å². The van der Waals surface area contributed by atoms with Crippen LogP contribution in [0.4, 0.5) is 0 Å². The Hall–Kier alpha value is -2.14. The minimum absolute atomic E-state index is 0.392. The van der Waals surface area contributed by atoms with Gasteiger partial charge in [0.1, 0.15) is 12.4 Å². The summed E-state index contributed by atoms with van der Waals surface area (Å²) < 4.78 is 10.6. The van der Waals surface area contributed by atoms with E-state index < -0.39 is 0 Å². The van der Waals surface area contributed by atoms with Crippen LogP contribution in [0.15, 0.2) is 42.7 Å². The number of hydrogen-bond acceptors (Lipinski definition) is 5. The molecule has 5 nitrogen and oxygen atoms in total. The Morgan fingerprint density at radius 1 is 1.10 bits per heavy atom. The van der Waals surface area contributed by atoms with Crippen molar-refractivity contribution < 1.29 is 9.47 Å². The fraction of sp³-hybridized carbons (Fsp3) is 0.333. The lowest BCUT2D eigenvalue weighted by Gasteiger charge is -2.16. The number of methoxy groups -OCH3 is 1. The molecule has 1 heterocycles. The Balaban J connectivity index is 1.73. The van der Waals surface area contributed by atoms with Crippen molar-refractivity contribution >= 4 is 0 Å². The molecule has 2 aromatic rings. The molecule has 0 aliphatic rings. The van der Waals surface area contributed by atoms with Gasteiger partial charge in [0.2, 0.25) is 0 Å². The van der Waals surface area contributed by atoms with Gasteiger partial charge < -0.3 is 9.47 Å². The van der Waals surface area contributed by atoms with E-state index in [4.69, 9.17) is 9.47 Å². The van der Waals surface area contributed by atoms with Gasteiger partial charge in [0.25, 0.3) is 0 Å². The zero-order chi connectivity index (χ0) is 14.2. The monoisotopic (exact) mass is 273 g/mol. The Kier molecular flexibility index (Phi) is 5.32. The minimum atomic E-state index is 0.392. The average Bonchev–Trinajstić information content (AvgIpc) is 2.49. The van der Waals surface area contributed by atoms with E-state index in [-0.39, 0.29) is 0 Å². The predicted octanol–water partition coefficient (Wildman–Crippen LogP) is 2.00. The summed E-state index contributed by atoms with van der Waals surface area (Å²) in [6.07, 6.45) is 3.56. The summed E-state index contributed by atoms with van der Waals surface area (Å²) in [5, 5.41) is 0. The van der Waals surface area contributed by atoms with Gasteiger partial charge in [-0.05, 0) is 19.2 Å². The molecule has 0 N–H and O–H groups in total. The van der Waals surface area contributed by atoms with E-state index in [1.165, 1.54) is 0 Å². The average molecular weight is 273 g/mol. The molecule has 2 rings (SSSR count). The summed E-state index contributed by atoms with van der Waals surface area (Å²) in [5.74, 6) is 0.897. The van der Waals surface area contributed by atoms with Gasteiger partial charge in [0.05, 0.1) is 7.11 Å². The summed E-state index contributed by atoms with van der Waals surface area (Å²) in [7, 11) is 3.60. The SMILES string of the molecule is COc1ncc(CN(C)CCOc2ccccc2)cn1. The maximum absolute atomic E-state index is 5.66. The maximum atomic E-state index is 5.66. The van der Waals surface area contributed by atoms with E-state index >= 15 is 0 Å². The number of nitrogens with zero attached hydrogens (tertiary/aromatic N) is 3. The molecule has 5 heteroatoms. The van der Waals surface area contributed by atoms with E-state index in [0.29, 0.717) is 12.6 Å². The lowest BCUT2D eigenvalue weighted by Crippen LogP contribution is -2.24. The smallest absolute Gasteiger partial charge is 0.316 e. The molecule has 0 saturated carbocycles. The number of para-hydroxylation sites is 1. The number of benzene rings is 1. The first-order chi connectivity index (χ1) is 9.78.